The number of nitrogen functional groups attached to an aromatic ring is 1. The molecule has 0 aliphatic heterocycles. The number of rotatable bonds is 5. The summed E-state index contributed by atoms with van der Waals surface area (Å²) in [5, 5.41) is 0. The maximum absolute atomic E-state index is 12.3. The Morgan fingerprint density at radius 3 is 2.59 bits per heavy atom. The van der Waals surface area contributed by atoms with E-state index in [0.717, 1.165) is 0 Å². The Morgan fingerprint density at radius 1 is 1.47 bits per heavy atom. The van der Waals surface area contributed by atoms with Gasteiger partial charge in [-0.15, -0.1) is 0 Å². The van der Waals surface area contributed by atoms with Gasteiger partial charge in [-0.05, 0) is 18.1 Å². The van der Waals surface area contributed by atoms with Gasteiger partial charge in [0.05, 0.1) is 0 Å². The smallest absolute Gasteiger partial charge is 0.246 e. The van der Waals surface area contributed by atoms with Gasteiger partial charge in [-0.25, -0.2) is 13.4 Å². The molecule has 1 aromatic heterocycles. The minimum atomic E-state index is -3.53. The second-order valence-electron chi connectivity index (χ2n) is 4.24. The van der Waals surface area contributed by atoms with Gasteiger partial charge in [0.2, 0.25) is 10.0 Å². The molecule has 0 unspecified atom stereocenters. The molecular formula is C11H19N3O2S. The van der Waals surface area contributed by atoms with E-state index in [1.165, 1.54) is 16.6 Å². The number of nitrogens with zero attached hydrogens (tertiary/aromatic N) is 2. The second-order valence-corrected chi connectivity index (χ2v) is 6.14. The molecule has 0 radical (unpaired) electrons. The van der Waals surface area contributed by atoms with E-state index in [1.54, 1.807) is 6.07 Å². The summed E-state index contributed by atoms with van der Waals surface area (Å²) in [6, 6.07) is 3.06. The molecule has 0 amide bonds. The van der Waals surface area contributed by atoms with Crippen LogP contribution in [0.4, 0.5) is 5.82 Å². The van der Waals surface area contributed by atoms with E-state index < -0.39 is 10.0 Å². The van der Waals surface area contributed by atoms with Gasteiger partial charge < -0.3 is 5.73 Å². The van der Waals surface area contributed by atoms with Crippen molar-refractivity contribution in [3.63, 3.8) is 0 Å². The number of aromatic nitrogens is 1. The van der Waals surface area contributed by atoms with Crippen molar-refractivity contribution in [3.8, 4) is 0 Å². The minimum Gasteiger partial charge on any atom is -0.383 e. The third kappa shape index (κ3) is 3.17. The lowest BCUT2D eigenvalue weighted by Gasteiger charge is -2.22. The Balaban J connectivity index is 3.14. The van der Waals surface area contributed by atoms with E-state index in [1.807, 2.05) is 20.8 Å². The molecule has 1 heterocycles. The SMILES string of the molecule is CCN(CC(C)C)S(=O)(=O)c1cccnc1N. The van der Waals surface area contributed by atoms with Crippen LogP contribution in [-0.4, -0.2) is 30.8 Å². The van der Waals surface area contributed by atoms with Crippen LogP contribution >= 0.6 is 0 Å². The summed E-state index contributed by atoms with van der Waals surface area (Å²) in [6.45, 7) is 6.67. The van der Waals surface area contributed by atoms with Gasteiger partial charge >= 0.3 is 0 Å². The fraction of sp³-hybridized carbons (Fsp3) is 0.545. The highest BCUT2D eigenvalue weighted by molar-refractivity contribution is 7.89. The van der Waals surface area contributed by atoms with Gasteiger partial charge in [0.25, 0.3) is 0 Å². The Labute approximate surface area is 103 Å². The molecule has 17 heavy (non-hydrogen) atoms. The van der Waals surface area contributed by atoms with Gasteiger partial charge in [-0.2, -0.15) is 4.31 Å². The summed E-state index contributed by atoms with van der Waals surface area (Å²) >= 11 is 0. The number of anilines is 1. The average Bonchev–Trinajstić information content (AvgIpc) is 2.25. The highest BCUT2D eigenvalue weighted by atomic mass is 32.2. The Bertz CT molecular complexity index is 471. The van der Waals surface area contributed by atoms with Crippen LogP contribution < -0.4 is 5.73 Å². The molecule has 0 aliphatic rings. The van der Waals surface area contributed by atoms with Gasteiger partial charge in [0.15, 0.2) is 0 Å². The zero-order valence-corrected chi connectivity index (χ0v) is 11.2. The number of pyridine rings is 1. The minimum absolute atomic E-state index is 0.0507. The molecule has 96 valence electrons. The molecule has 0 fully saturated rings. The summed E-state index contributed by atoms with van der Waals surface area (Å²) in [6.07, 6.45) is 1.48. The molecule has 0 saturated carbocycles. The molecule has 1 aromatic rings. The van der Waals surface area contributed by atoms with Crippen LogP contribution in [0.5, 0.6) is 0 Å². The maximum atomic E-state index is 12.3. The lowest BCUT2D eigenvalue weighted by atomic mass is 10.2. The molecule has 0 aliphatic carbocycles. The van der Waals surface area contributed by atoms with Crippen molar-refractivity contribution < 1.29 is 8.42 Å². The third-order valence-electron chi connectivity index (χ3n) is 2.34. The van der Waals surface area contributed by atoms with Crippen molar-refractivity contribution in [3.05, 3.63) is 18.3 Å². The van der Waals surface area contributed by atoms with Gasteiger partial charge in [-0.3, -0.25) is 0 Å². The molecule has 0 atom stereocenters. The van der Waals surface area contributed by atoms with E-state index in [0.29, 0.717) is 13.1 Å². The average molecular weight is 257 g/mol. The standard InChI is InChI=1S/C11H19N3O2S/c1-4-14(8-9(2)3)17(15,16)10-6-5-7-13-11(10)12/h5-7,9H,4,8H2,1-3H3,(H2,12,13). The van der Waals surface area contributed by atoms with E-state index >= 15 is 0 Å². The fourth-order valence-corrected chi connectivity index (χ4v) is 3.24. The van der Waals surface area contributed by atoms with Crippen molar-refractivity contribution in [2.24, 2.45) is 5.92 Å². The van der Waals surface area contributed by atoms with Crippen molar-refractivity contribution in [2.45, 2.75) is 25.7 Å². The van der Waals surface area contributed by atoms with Crippen molar-refractivity contribution in [2.75, 3.05) is 18.8 Å². The molecule has 5 nitrogen and oxygen atoms in total. The zero-order valence-electron chi connectivity index (χ0n) is 10.4. The number of nitrogens with two attached hydrogens (primary N) is 1. The van der Waals surface area contributed by atoms with Crippen molar-refractivity contribution in [1.82, 2.24) is 9.29 Å². The predicted octanol–water partition coefficient (Wildman–Crippen LogP) is 1.33. The summed E-state index contributed by atoms with van der Waals surface area (Å²) in [7, 11) is -3.53. The van der Waals surface area contributed by atoms with Crippen LogP contribution in [0.2, 0.25) is 0 Å². The summed E-state index contributed by atoms with van der Waals surface area (Å²) in [4.78, 5) is 3.90. The highest BCUT2D eigenvalue weighted by Gasteiger charge is 2.25. The quantitative estimate of drug-likeness (QED) is 0.863. The van der Waals surface area contributed by atoms with Crippen LogP contribution in [0.15, 0.2) is 23.2 Å². The first-order valence-electron chi connectivity index (χ1n) is 5.60. The number of hydrogen-bond donors (Lipinski definition) is 1. The van der Waals surface area contributed by atoms with Crippen LogP contribution in [0, 0.1) is 5.92 Å². The molecule has 2 N–H and O–H groups in total. The maximum Gasteiger partial charge on any atom is 0.246 e. The molecule has 1 rings (SSSR count). The lowest BCUT2D eigenvalue weighted by Crippen LogP contribution is -2.34. The van der Waals surface area contributed by atoms with E-state index in [4.69, 9.17) is 5.73 Å². The Hall–Kier alpha value is -1.14. The van der Waals surface area contributed by atoms with Crippen LogP contribution in [0.25, 0.3) is 0 Å². The van der Waals surface area contributed by atoms with E-state index in [9.17, 15) is 8.42 Å². The predicted molar refractivity (Wildman–Crippen MR) is 67.9 cm³/mol. The van der Waals surface area contributed by atoms with E-state index in [-0.39, 0.29) is 16.6 Å². The molecule has 0 aromatic carbocycles. The first-order valence-corrected chi connectivity index (χ1v) is 7.04. The Kier molecular flexibility index (Phi) is 4.47. The topological polar surface area (TPSA) is 76.3 Å². The van der Waals surface area contributed by atoms with Crippen molar-refractivity contribution in [1.29, 1.82) is 0 Å². The monoisotopic (exact) mass is 257 g/mol. The lowest BCUT2D eigenvalue weighted by molar-refractivity contribution is 0.381. The summed E-state index contributed by atoms with van der Waals surface area (Å²) in [5.74, 6) is 0.317. The largest absolute Gasteiger partial charge is 0.383 e. The molecule has 0 bridgehead atoms. The van der Waals surface area contributed by atoms with E-state index in [2.05, 4.69) is 4.98 Å². The fourth-order valence-electron chi connectivity index (χ4n) is 1.56. The first-order chi connectivity index (χ1) is 7.89. The molecule has 0 saturated heterocycles. The van der Waals surface area contributed by atoms with Gasteiger partial charge in [-0.1, -0.05) is 20.8 Å². The number of sulfonamides is 1. The summed E-state index contributed by atoms with van der Waals surface area (Å²) in [5.41, 5.74) is 5.61. The summed E-state index contributed by atoms with van der Waals surface area (Å²) < 4.78 is 26.1. The van der Waals surface area contributed by atoms with Crippen LogP contribution in [-0.2, 0) is 10.0 Å². The van der Waals surface area contributed by atoms with Crippen LogP contribution in [0.1, 0.15) is 20.8 Å². The second kappa shape index (κ2) is 5.46. The first kappa shape index (κ1) is 13.9. The van der Waals surface area contributed by atoms with Crippen LogP contribution in [0.3, 0.4) is 0 Å². The number of hydrogen-bond acceptors (Lipinski definition) is 4. The molecule has 0 spiro atoms. The Morgan fingerprint density at radius 2 is 2.12 bits per heavy atom. The molecule has 6 heteroatoms. The van der Waals surface area contributed by atoms with Gasteiger partial charge in [0.1, 0.15) is 10.7 Å². The van der Waals surface area contributed by atoms with Crippen molar-refractivity contribution >= 4 is 15.8 Å². The zero-order chi connectivity index (χ0) is 13.1. The highest BCUT2D eigenvalue weighted by Crippen LogP contribution is 2.20. The van der Waals surface area contributed by atoms with Gasteiger partial charge in [0, 0.05) is 19.3 Å². The third-order valence-corrected chi connectivity index (χ3v) is 4.33. The normalized spacial score (nSPS) is 12.3. The molecular weight excluding hydrogens is 238 g/mol.